The van der Waals surface area contributed by atoms with Gasteiger partial charge >= 0.3 is 0 Å². The molecule has 0 fully saturated rings. The number of hydrogen-bond acceptors (Lipinski definition) is 4. The standard InChI is InChI=1S/C18H20N2O3S/c1-12(2)14-10-18(17(23-4)9-13(14)3)24(21,22)20-11-19-15-7-5-6-8-16(15)20/h5-12H,1-4H3. The molecule has 0 aliphatic rings. The minimum Gasteiger partial charge on any atom is -0.495 e. The number of aromatic nitrogens is 2. The SMILES string of the molecule is COc1cc(C)c(C(C)C)cc1S(=O)(=O)n1cnc2ccccc21. The van der Waals surface area contributed by atoms with E-state index >= 15 is 0 Å². The van der Waals surface area contributed by atoms with E-state index in [1.807, 2.05) is 26.8 Å². The smallest absolute Gasteiger partial charge is 0.273 e. The third kappa shape index (κ3) is 2.57. The van der Waals surface area contributed by atoms with Gasteiger partial charge in [0.25, 0.3) is 10.0 Å². The van der Waals surface area contributed by atoms with Crippen LogP contribution in [-0.4, -0.2) is 24.5 Å². The number of hydrogen-bond donors (Lipinski definition) is 0. The second-order valence-corrected chi connectivity index (χ2v) is 7.83. The summed E-state index contributed by atoms with van der Waals surface area (Å²) in [6.07, 6.45) is 1.34. The Morgan fingerprint density at radius 3 is 2.54 bits per heavy atom. The number of para-hydroxylation sites is 2. The monoisotopic (exact) mass is 344 g/mol. The summed E-state index contributed by atoms with van der Waals surface area (Å²) in [5.74, 6) is 0.555. The zero-order valence-electron chi connectivity index (χ0n) is 14.1. The third-order valence-corrected chi connectivity index (χ3v) is 5.82. The maximum Gasteiger partial charge on any atom is 0.273 e. The Morgan fingerprint density at radius 1 is 1.17 bits per heavy atom. The summed E-state index contributed by atoms with van der Waals surface area (Å²) in [6.45, 7) is 6.04. The first-order valence-electron chi connectivity index (χ1n) is 7.72. The van der Waals surface area contributed by atoms with Crippen molar-refractivity contribution in [1.82, 2.24) is 8.96 Å². The van der Waals surface area contributed by atoms with Crippen LogP contribution in [0.25, 0.3) is 11.0 Å². The number of fused-ring (bicyclic) bond motifs is 1. The van der Waals surface area contributed by atoms with Crippen molar-refractivity contribution < 1.29 is 13.2 Å². The molecule has 126 valence electrons. The Bertz CT molecular complexity index is 1000. The number of imidazole rings is 1. The molecule has 0 amide bonds. The topological polar surface area (TPSA) is 61.2 Å². The quantitative estimate of drug-likeness (QED) is 0.724. The molecule has 5 nitrogen and oxygen atoms in total. The number of aryl methyl sites for hydroxylation is 1. The van der Waals surface area contributed by atoms with Crippen LogP contribution in [-0.2, 0) is 10.0 Å². The molecule has 24 heavy (non-hydrogen) atoms. The summed E-state index contributed by atoms with van der Waals surface area (Å²) in [5.41, 5.74) is 3.18. The Labute approximate surface area is 142 Å². The number of ether oxygens (including phenoxy) is 1. The molecule has 0 atom stereocenters. The summed E-state index contributed by atoms with van der Waals surface area (Å²) in [7, 11) is -2.33. The zero-order valence-corrected chi connectivity index (χ0v) is 15.0. The van der Waals surface area contributed by atoms with E-state index in [0.717, 1.165) is 11.1 Å². The number of rotatable bonds is 4. The van der Waals surface area contributed by atoms with Crippen LogP contribution in [0.15, 0.2) is 47.6 Å². The van der Waals surface area contributed by atoms with E-state index in [2.05, 4.69) is 4.98 Å². The second kappa shape index (κ2) is 5.94. The average molecular weight is 344 g/mol. The van der Waals surface area contributed by atoms with Crippen molar-refractivity contribution in [1.29, 1.82) is 0 Å². The molecule has 0 aliphatic carbocycles. The Kier molecular flexibility index (Phi) is 4.09. The highest BCUT2D eigenvalue weighted by molar-refractivity contribution is 7.90. The van der Waals surface area contributed by atoms with Crippen LogP contribution in [0.2, 0.25) is 0 Å². The van der Waals surface area contributed by atoms with Crippen molar-refractivity contribution in [3.8, 4) is 5.75 Å². The number of benzene rings is 2. The normalized spacial score (nSPS) is 12.0. The van der Waals surface area contributed by atoms with Crippen molar-refractivity contribution in [3.63, 3.8) is 0 Å². The van der Waals surface area contributed by atoms with E-state index in [0.29, 0.717) is 16.8 Å². The fourth-order valence-electron chi connectivity index (χ4n) is 2.89. The van der Waals surface area contributed by atoms with Gasteiger partial charge in [0.1, 0.15) is 17.0 Å². The van der Waals surface area contributed by atoms with Crippen molar-refractivity contribution in [3.05, 3.63) is 53.9 Å². The molecule has 3 aromatic rings. The van der Waals surface area contributed by atoms with E-state index in [1.165, 1.54) is 17.4 Å². The molecule has 0 bridgehead atoms. The minimum absolute atomic E-state index is 0.155. The summed E-state index contributed by atoms with van der Waals surface area (Å²) in [6, 6.07) is 10.6. The van der Waals surface area contributed by atoms with Crippen LogP contribution >= 0.6 is 0 Å². The van der Waals surface area contributed by atoms with Gasteiger partial charge in [-0.15, -0.1) is 0 Å². The highest BCUT2D eigenvalue weighted by atomic mass is 32.2. The van der Waals surface area contributed by atoms with Gasteiger partial charge in [-0.05, 0) is 48.2 Å². The van der Waals surface area contributed by atoms with E-state index in [9.17, 15) is 8.42 Å². The van der Waals surface area contributed by atoms with Crippen LogP contribution in [0, 0.1) is 6.92 Å². The first kappa shape index (κ1) is 16.5. The number of nitrogens with zero attached hydrogens (tertiary/aromatic N) is 2. The van der Waals surface area contributed by atoms with E-state index in [4.69, 9.17) is 4.74 Å². The molecule has 0 spiro atoms. The summed E-state index contributed by atoms with van der Waals surface area (Å²) in [4.78, 5) is 4.34. The minimum atomic E-state index is -3.81. The van der Waals surface area contributed by atoms with Crippen molar-refractivity contribution >= 4 is 21.1 Å². The van der Waals surface area contributed by atoms with Gasteiger partial charge in [0.2, 0.25) is 0 Å². The van der Waals surface area contributed by atoms with Crippen molar-refractivity contribution in [2.24, 2.45) is 0 Å². The lowest BCUT2D eigenvalue weighted by Crippen LogP contribution is -2.14. The maximum absolute atomic E-state index is 13.2. The van der Waals surface area contributed by atoms with Gasteiger partial charge in [-0.1, -0.05) is 26.0 Å². The zero-order chi connectivity index (χ0) is 17.5. The first-order valence-corrected chi connectivity index (χ1v) is 9.16. The molecule has 2 aromatic carbocycles. The van der Waals surface area contributed by atoms with Gasteiger partial charge in [0.15, 0.2) is 0 Å². The molecule has 0 N–H and O–H groups in total. The molecule has 1 heterocycles. The van der Waals surface area contributed by atoms with Gasteiger partial charge < -0.3 is 4.74 Å². The molecular weight excluding hydrogens is 324 g/mol. The van der Waals surface area contributed by atoms with Crippen LogP contribution in [0.1, 0.15) is 30.9 Å². The average Bonchev–Trinajstić information content (AvgIpc) is 2.98. The van der Waals surface area contributed by atoms with Gasteiger partial charge in [0, 0.05) is 0 Å². The molecular formula is C18H20N2O3S. The van der Waals surface area contributed by atoms with Crippen LogP contribution < -0.4 is 4.74 Å². The molecule has 0 aliphatic heterocycles. The van der Waals surface area contributed by atoms with Crippen LogP contribution in [0.5, 0.6) is 5.75 Å². The molecule has 1 aromatic heterocycles. The molecule has 6 heteroatoms. The third-order valence-electron chi connectivity index (χ3n) is 4.13. The molecule has 0 unspecified atom stereocenters. The second-order valence-electron chi connectivity index (χ2n) is 6.05. The predicted octanol–water partition coefficient (Wildman–Crippen LogP) is 3.71. The maximum atomic E-state index is 13.2. The molecule has 3 rings (SSSR count). The van der Waals surface area contributed by atoms with Gasteiger partial charge in [-0.25, -0.2) is 17.4 Å². The van der Waals surface area contributed by atoms with E-state index in [1.54, 1.807) is 30.3 Å². The Balaban J connectivity index is 2.28. The van der Waals surface area contributed by atoms with Crippen LogP contribution in [0.4, 0.5) is 0 Å². The molecule has 0 radical (unpaired) electrons. The largest absolute Gasteiger partial charge is 0.495 e. The molecule has 0 saturated carbocycles. The van der Waals surface area contributed by atoms with E-state index < -0.39 is 10.0 Å². The van der Waals surface area contributed by atoms with Gasteiger partial charge in [-0.3, -0.25) is 0 Å². The van der Waals surface area contributed by atoms with Crippen molar-refractivity contribution in [2.45, 2.75) is 31.6 Å². The summed E-state index contributed by atoms with van der Waals surface area (Å²) in [5, 5.41) is 0. The van der Waals surface area contributed by atoms with Gasteiger partial charge in [-0.2, -0.15) is 0 Å². The van der Waals surface area contributed by atoms with E-state index in [-0.39, 0.29) is 10.8 Å². The summed E-state index contributed by atoms with van der Waals surface area (Å²) < 4.78 is 33.0. The lowest BCUT2D eigenvalue weighted by atomic mass is 9.98. The fraction of sp³-hybridized carbons (Fsp3) is 0.278. The lowest BCUT2D eigenvalue weighted by molar-refractivity contribution is 0.401. The highest BCUT2D eigenvalue weighted by Crippen LogP contribution is 2.33. The fourth-order valence-corrected chi connectivity index (χ4v) is 4.36. The first-order chi connectivity index (χ1) is 11.4. The number of methoxy groups -OCH3 is 1. The lowest BCUT2D eigenvalue weighted by Gasteiger charge is -2.16. The Hall–Kier alpha value is -2.34. The Morgan fingerprint density at radius 2 is 1.88 bits per heavy atom. The predicted molar refractivity (Wildman–Crippen MR) is 94.1 cm³/mol. The summed E-state index contributed by atoms with van der Waals surface area (Å²) >= 11 is 0. The highest BCUT2D eigenvalue weighted by Gasteiger charge is 2.25. The van der Waals surface area contributed by atoms with Gasteiger partial charge in [0.05, 0.1) is 18.1 Å². The van der Waals surface area contributed by atoms with Crippen molar-refractivity contribution in [2.75, 3.05) is 7.11 Å². The molecule has 0 saturated heterocycles. The van der Waals surface area contributed by atoms with Crippen LogP contribution in [0.3, 0.4) is 0 Å².